The molecule has 0 bridgehead atoms. The molecule has 0 aliphatic rings. The number of aliphatic hydroxyl groups is 1. The molecule has 2 unspecified atom stereocenters. The molecule has 0 radical (unpaired) electrons. The second-order valence-electron chi connectivity index (χ2n) is 23.1. The van der Waals surface area contributed by atoms with Crippen molar-refractivity contribution in [2.75, 3.05) is 62.0 Å². The van der Waals surface area contributed by atoms with Crippen LogP contribution in [0, 0.1) is 0 Å². The summed E-state index contributed by atoms with van der Waals surface area (Å²) in [7, 11) is -4.89. The lowest BCUT2D eigenvalue weighted by atomic mass is 9.80. The number of nitrogens with zero attached hydrogens (tertiary/aromatic N) is 3. The van der Waals surface area contributed by atoms with Gasteiger partial charge in [0.05, 0.1) is 35.6 Å². The molecular formula is C56H88B3N9O13. The van der Waals surface area contributed by atoms with Gasteiger partial charge in [-0.3, -0.25) is 14.4 Å². The van der Waals surface area contributed by atoms with Crippen LogP contribution in [-0.4, -0.2) is 169 Å². The van der Waals surface area contributed by atoms with Crippen molar-refractivity contribution in [3.05, 3.63) is 89.5 Å². The fraction of sp³-hybridized carbons (Fsp3) is 0.571. The monoisotopic (exact) mass is 1130 g/mol. The number of nitrogens with one attached hydrogen (secondary N) is 6. The third kappa shape index (κ3) is 22.5. The van der Waals surface area contributed by atoms with Crippen molar-refractivity contribution in [3.63, 3.8) is 0 Å². The van der Waals surface area contributed by atoms with E-state index in [2.05, 4.69) is 31.9 Å². The average Bonchev–Trinajstić information content (AvgIpc) is 3.42. The smallest absolute Gasteiger partial charge is 0.423 e. The van der Waals surface area contributed by atoms with Gasteiger partial charge in [0.25, 0.3) is 17.7 Å². The maximum Gasteiger partial charge on any atom is 0.488 e. The highest BCUT2D eigenvalue weighted by atomic mass is 16.5. The van der Waals surface area contributed by atoms with Crippen LogP contribution in [-0.2, 0) is 14.2 Å². The van der Waals surface area contributed by atoms with Gasteiger partial charge in [0.15, 0.2) is 0 Å². The molecule has 0 saturated carbocycles. The number of aromatic nitrogens is 3. The van der Waals surface area contributed by atoms with E-state index in [1.54, 1.807) is 31.2 Å². The van der Waals surface area contributed by atoms with E-state index in [4.69, 9.17) is 29.2 Å². The molecule has 1 aromatic heterocycles. The van der Waals surface area contributed by atoms with E-state index >= 15 is 0 Å². The molecule has 0 aliphatic heterocycles. The van der Waals surface area contributed by atoms with Crippen LogP contribution in [0.2, 0.25) is 0 Å². The molecule has 0 spiro atoms. The molecule has 3 aromatic carbocycles. The molecule has 81 heavy (non-hydrogen) atoms. The molecule has 444 valence electrons. The van der Waals surface area contributed by atoms with Gasteiger partial charge in [-0.05, 0) is 160 Å². The Morgan fingerprint density at radius 3 is 1.31 bits per heavy atom. The van der Waals surface area contributed by atoms with Crippen LogP contribution in [0.3, 0.4) is 0 Å². The van der Waals surface area contributed by atoms with E-state index in [1.165, 1.54) is 48.5 Å². The minimum atomic E-state index is -1.65. The number of carbonyl (C=O) groups is 3. The first kappa shape index (κ1) is 67.8. The van der Waals surface area contributed by atoms with Gasteiger partial charge in [0.2, 0.25) is 17.8 Å². The van der Waals surface area contributed by atoms with E-state index in [9.17, 15) is 49.6 Å². The minimum Gasteiger partial charge on any atom is -0.423 e. The van der Waals surface area contributed by atoms with Crippen molar-refractivity contribution in [3.8, 4) is 0 Å². The average molecular weight is 1130 g/mol. The highest BCUT2D eigenvalue weighted by molar-refractivity contribution is 6.59. The number of amides is 3. The number of carbonyl (C=O) groups excluding carboxylic acids is 3. The van der Waals surface area contributed by atoms with Crippen LogP contribution in [0.4, 0.5) is 17.8 Å². The summed E-state index contributed by atoms with van der Waals surface area (Å²) in [5.41, 5.74) is -2.13. The Balaban J connectivity index is 1.42. The lowest BCUT2D eigenvalue weighted by Gasteiger charge is -2.35. The standard InChI is InChI=1S/C56H88B3N9O13/c1-12-54(10,38-81-55(11,37-69)29-34-60-45(70)39-15-21-42(22-16-39)57(73)74)68-50-64-48(61-32-27-52(6,7)79-35-30-51(4,5)66-46(71)40-17-23-43(24-18-40)58(75)76)63-49(65-50)62-33-28-53(8,9)80-36-31-56(13-2,14-3)67-47(72)41-19-25-44(26-20-41)59(77)78/h15-26,69,73-78H,12-14,27-38H2,1-11H3,(H,60,70)(H,66,71)(H,67,72)(H3,61,62,63,64,65,68). The Labute approximate surface area is 478 Å². The van der Waals surface area contributed by atoms with Crippen molar-refractivity contribution in [1.29, 1.82) is 0 Å². The van der Waals surface area contributed by atoms with E-state index < -0.39 is 54.8 Å². The Kier molecular flexibility index (Phi) is 25.6. The highest BCUT2D eigenvalue weighted by Crippen LogP contribution is 2.26. The number of hydrogen-bond acceptors (Lipinski definition) is 19. The maximum atomic E-state index is 13.3. The molecule has 0 saturated heterocycles. The van der Waals surface area contributed by atoms with Gasteiger partial charge in [0, 0.05) is 60.6 Å². The van der Waals surface area contributed by atoms with Crippen LogP contribution in [0.25, 0.3) is 0 Å². The molecular weight excluding hydrogens is 1040 g/mol. The fourth-order valence-corrected chi connectivity index (χ4v) is 8.38. The SMILES string of the molecule is CCC(C)(COC(C)(CO)CCNC(=O)c1ccc(B(O)O)cc1)Nc1nc(NCCC(C)(C)OCCC(C)(C)NC(=O)c2ccc(B(O)O)cc2)nc(NCCC(C)(C)OCCC(CC)(CC)NC(=O)c2ccc(B(O)O)cc2)n1. The molecule has 4 aromatic rings. The molecule has 0 fully saturated rings. The first-order valence-electron chi connectivity index (χ1n) is 27.8. The molecule has 0 aliphatic carbocycles. The number of rotatable bonds is 36. The number of benzene rings is 3. The van der Waals surface area contributed by atoms with Crippen LogP contribution >= 0.6 is 0 Å². The summed E-state index contributed by atoms with van der Waals surface area (Å²) in [5.74, 6) is -0.0590. The second kappa shape index (κ2) is 30.5. The van der Waals surface area contributed by atoms with Gasteiger partial charge >= 0.3 is 21.4 Å². The van der Waals surface area contributed by atoms with Crippen molar-refractivity contribution in [1.82, 2.24) is 30.9 Å². The van der Waals surface area contributed by atoms with Crippen molar-refractivity contribution >= 4 is 73.3 Å². The van der Waals surface area contributed by atoms with E-state index in [1.807, 2.05) is 69.2 Å². The lowest BCUT2D eigenvalue weighted by molar-refractivity contribution is -0.0838. The van der Waals surface area contributed by atoms with Gasteiger partial charge < -0.3 is 81.4 Å². The van der Waals surface area contributed by atoms with Crippen LogP contribution < -0.4 is 48.3 Å². The second-order valence-corrected chi connectivity index (χ2v) is 23.1. The van der Waals surface area contributed by atoms with Gasteiger partial charge in [-0.1, -0.05) is 57.2 Å². The van der Waals surface area contributed by atoms with Gasteiger partial charge in [-0.2, -0.15) is 15.0 Å². The van der Waals surface area contributed by atoms with Crippen molar-refractivity contribution < 1.29 is 63.8 Å². The summed E-state index contributed by atoms with van der Waals surface area (Å²) >= 11 is 0. The molecule has 3 amide bonds. The Bertz CT molecular complexity index is 2600. The third-order valence-corrected chi connectivity index (χ3v) is 14.8. The topological polar surface area (TPSA) is 331 Å². The first-order chi connectivity index (χ1) is 38.0. The van der Waals surface area contributed by atoms with Crippen LogP contribution in [0.1, 0.15) is 159 Å². The van der Waals surface area contributed by atoms with Crippen molar-refractivity contribution in [2.45, 2.75) is 161 Å². The summed E-state index contributed by atoms with van der Waals surface area (Å²) in [4.78, 5) is 53.5. The van der Waals surface area contributed by atoms with Gasteiger partial charge in [-0.15, -0.1) is 0 Å². The largest absolute Gasteiger partial charge is 0.488 e. The van der Waals surface area contributed by atoms with Gasteiger partial charge in [0.1, 0.15) is 0 Å². The van der Waals surface area contributed by atoms with E-state index in [0.717, 1.165) is 0 Å². The maximum absolute atomic E-state index is 13.3. The summed E-state index contributed by atoms with van der Waals surface area (Å²) in [5, 5.41) is 86.3. The van der Waals surface area contributed by atoms with Gasteiger partial charge in [-0.25, -0.2) is 0 Å². The minimum absolute atomic E-state index is 0.126. The fourth-order valence-electron chi connectivity index (χ4n) is 8.38. The first-order valence-corrected chi connectivity index (χ1v) is 27.8. The predicted molar refractivity (Wildman–Crippen MR) is 317 cm³/mol. The quantitative estimate of drug-likeness (QED) is 0.0291. The zero-order valence-corrected chi connectivity index (χ0v) is 49.2. The zero-order chi connectivity index (χ0) is 60.2. The van der Waals surface area contributed by atoms with E-state index in [0.29, 0.717) is 105 Å². The predicted octanol–water partition coefficient (Wildman–Crippen LogP) is 2.25. The molecule has 13 N–H and O–H groups in total. The molecule has 2 atom stereocenters. The molecule has 25 heteroatoms. The Morgan fingerprint density at radius 1 is 0.494 bits per heavy atom. The normalized spacial score (nSPS) is 13.6. The van der Waals surface area contributed by atoms with Crippen LogP contribution in [0.5, 0.6) is 0 Å². The zero-order valence-electron chi connectivity index (χ0n) is 49.2. The summed E-state index contributed by atoms with van der Waals surface area (Å²) in [6, 6.07) is 18.2. The number of ether oxygens (including phenoxy) is 3. The Morgan fingerprint density at radius 2 is 0.901 bits per heavy atom. The Hall–Kier alpha value is -5.73. The molecule has 4 rings (SSSR count). The highest BCUT2D eigenvalue weighted by Gasteiger charge is 2.33. The lowest BCUT2D eigenvalue weighted by Crippen LogP contribution is -2.49. The third-order valence-electron chi connectivity index (χ3n) is 14.8. The van der Waals surface area contributed by atoms with E-state index in [-0.39, 0.29) is 60.8 Å². The number of anilines is 3. The number of aliphatic hydroxyl groups excluding tert-OH is 1. The summed E-state index contributed by atoms with van der Waals surface area (Å²) in [6.07, 6.45) is 4.36. The number of hydrogen-bond donors (Lipinski definition) is 13. The summed E-state index contributed by atoms with van der Waals surface area (Å²) in [6.45, 7) is 23.1. The van der Waals surface area contributed by atoms with Crippen LogP contribution in [0.15, 0.2) is 72.8 Å². The molecule has 22 nitrogen and oxygen atoms in total. The molecule has 1 heterocycles. The van der Waals surface area contributed by atoms with Crippen molar-refractivity contribution in [2.24, 2.45) is 0 Å². The summed E-state index contributed by atoms with van der Waals surface area (Å²) < 4.78 is 19.2.